The molecule has 0 atom stereocenters. The van der Waals surface area contributed by atoms with E-state index in [1.165, 1.54) is 18.0 Å². The first-order valence-corrected chi connectivity index (χ1v) is 10.8. The molecule has 2 N–H and O–H groups in total. The summed E-state index contributed by atoms with van der Waals surface area (Å²) in [6, 6.07) is 7.25. The minimum absolute atomic E-state index is 0.341. The zero-order valence-corrected chi connectivity index (χ0v) is 19.3. The molecule has 9 heteroatoms. The van der Waals surface area contributed by atoms with Gasteiger partial charge in [-0.05, 0) is 73.7 Å². The van der Waals surface area contributed by atoms with Crippen molar-refractivity contribution in [1.82, 2.24) is 19.9 Å². The highest BCUT2D eigenvalue weighted by molar-refractivity contribution is 8.00. The first-order chi connectivity index (χ1) is 15.4. The number of hydrogen-bond donors (Lipinski definition) is 2. The van der Waals surface area contributed by atoms with E-state index in [0.717, 1.165) is 38.2 Å². The average Bonchev–Trinajstić information content (AvgIpc) is 2.78. The van der Waals surface area contributed by atoms with Crippen LogP contribution < -0.4 is 14.8 Å². The summed E-state index contributed by atoms with van der Waals surface area (Å²) in [5.74, 6) is 0.655. The normalized spacial score (nSPS) is 10.9. The lowest BCUT2D eigenvalue weighted by atomic mass is 9.98. The van der Waals surface area contributed by atoms with Gasteiger partial charge >= 0.3 is 0 Å². The van der Waals surface area contributed by atoms with Gasteiger partial charge < -0.3 is 14.8 Å². The van der Waals surface area contributed by atoms with Crippen molar-refractivity contribution in [1.29, 1.82) is 0 Å². The Morgan fingerprint density at radius 3 is 2.53 bits per heavy atom. The summed E-state index contributed by atoms with van der Waals surface area (Å²) in [5, 5.41) is 3.73. The van der Waals surface area contributed by atoms with Crippen LogP contribution in [0.4, 0.5) is 16.0 Å². The van der Waals surface area contributed by atoms with Crippen molar-refractivity contribution in [3.05, 3.63) is 59.3 Å². The molecule has 0 saturated heterocycles. The molecule has 3 heterocycles. The Kier molecular flexibility index (Phi) is 6.09. The van der Waals surface area contributed by atoms with Crippen molar-refractivity contribution in [2.75, 3.05) is 24.2 Å². The molecule has 0 spiro atoms. The molecule has 0 unspecified atom stereocenters. The van der Waals surface area contributed by atoms with Crippen molar-refractivity contribution in [3.8, 4) is 17.0 Å². The number of nitrogens with zero attached hydrogens (tertiary/aromatic N) is 4. The molecular weight excluding hydrogens is 427 g/mol. The number of rotatable bonds is 6. The van der Waals surface area contributed by atoms with E-state index in [1.54, 1.807) is 32.6 Å². The Morgan fingerprint density at radius 2 is 1.78 bits per heavy atom. The van der Waals surface area contributed by atoms with Gasteiger partial charge in [-0.25, -0.2) is 19.3 Å². The van der Waals surface area contributed by atoms with Crippen LogP contribution in [-0.4, -0.2) is 34.1 Å². The molecule has 0 aliphatic carbocycles. The van der Waals surface area contributed by atoms with Gasteiger partial charge in [0, 0.05) is 36.1 Å². The largest absolute Gasteiger partial charge is 0.480 e. The topological polar surface area (TPSA) is 84.9 Å². The second kappa shape index (κ2) is 8.96. The first kappa shape index (κ1) is 21.8. The lowest BCUT2D eigenvalue weighted by molar-refractivity contribution is 0.387. The molecule has 0 amide bonds. The van der Waals surface area contributed by atoms with E-state index in [1.807, 2.05) is 32.9 Å². The molecule has 0 bridgehead atoms. The quantitative estimate of drug-likeness (QED) is 0.382. The Bertz CT molecular complexity index is 1310. The summed E-state index contributed by atoms with van der Waals surface area (Å²) in [5.41, 5.74) is 5.36. The standard InChI is InChI=1S/C23H23FN6OS/c1-12-6-20(22(31-5)26-10-12)32-30-19-9-16(13(2)7-18(19)24)17-8-15-11-27-23(25-4)29-21(15)28-14(17)3/h6-11,30H,1-5H3,(H,25,27,28,29). The van der Waals surface area contributed by atoms with Crippen LogP contribution in [0.2, 0.25) is 0 Å². The van der Waals surface area contributed by atoms with Crippen molar-refractivity contribution < 1.29 is 9.13 Å². The number of methoxy groups -OCH3 is 1. The number of benzene rings is 1. The highest BCUT2D eigenvalue weighted by Crippen LogP contribution is 2.35. The number of aryl methyl sites for hydroxylation is 3. The zero-order valence-electron chi connectivity index (χ0n) is 18.4. The molecule has 7 nitrogen and oxygen atoms in total. The SMILES string of the molecule is CNc1ncc2cc(-c3cc(NSc4cc(C)cnc4OC)c(F)cc3C)c(C)nc2n1. The molecule has 0 radical (unpaired) electrons. The summed E-state index contributed by atoms with van der Waals surface area (Å²) >= 11 is 1.25. The van der Waals surface area contributed by atoms with Gasteiger partial charge in [-0.1, -0.05) is 0 Å². The fourth-order valence-electron chi connectivity index (χ4n) is 3.35. The number of ether oxygens (including phenoxy) is 1. The first-order valence-electron chi connectivity index (χ1n) is 9.95. The third-order valence-corrected chi connectivity index (χ3v) is 5.84. The van der Waals surface area contributed by atoms with Gasteiger partial charge in [0.2, 0.25) is 11.8 Å². The number of anilines is 2. The molecule has 0 aliphatic rings. The lowest BCUT2D eigenvalue weighted by Gasteiger charge is -2.15. The van der Waals surface area contributed by atoms with Crippen molar-refractivity contribution in [2.45, 2.75) is 25.7 Å². The van der Waals surface area contributed by atoms with Crippen LogP contribution in [0.25, 0.3) is 22.2 Å². The van der Waals surface area contributed by atoms with Crippen molar-refractivity contribution >= 4 is 34.6 Å². The molecule has 0 saturated carbocycles. The average molecular weight is 451 g/mol. The monoisotopic (exact) mass is 450 g/mol. The minimum Gasteiger partial charge on any atom is -0.480 e. The second-order valence-corrected chi connectivity index (χ2v) is 8.20. The zero-order chi connectivity index (χ0) is 22.8. The van der Waals surface area contributed by atoms with Crippen LogP contribution in [0.5, 0.6) is 5.88 Å². The van der Waals surface area contributed by atoms with Crippen LogP contribution in [0, 0.1) is 26.6 Å². The van der Waals surface area contributed by atoms with E-state index in [0.29, 0.717) is 23.2 Å². The van der Waals surface area contributed by atoms with E-state index < -0.39 is 0 Å². The Labute approximate surface area is 190 Å². The van der Waals surface area contributed by atoms with Gasteiger partial charge in [0.1, 0.15) is 5.82 Å². The maximum Gasteiger partial charge on any atom is 0.228 e. The summed E-state index contributed by atoms with van der Waals surface area (Å²) in [6.07, 6.45) is 3.46. The summed E-state index contributed by atoms with van der Waals surface area (Å²) in [6.45, 7) is 5.75. The van der Waals surface area contributed by atoms with Crippen LogP contribution in [-0.2, 0) is 0 Å². The third-order valence-electron chi connectivity index (χ3n) is 5.01. The minimum atomic E-state index is -0.341. The predicted molar refractivity (Wildman–Crippen MR) is 127 cm³/mol. The molecule has 0 fully saturated rings. The van der Waals surface area contributed by atoms with Crippen LogP contribution in [0.3, 0.4) is 0 Å². The van der Waals surface area contributed by atoms with E-state index in [9.17, 15) is 4.39 Å². The van der Waals surface area contributed by atoms with Crippen LogP contribution in [0.1, 0.15) is 16.8 Å². The fourth-order valence-corrected chi connectivity index (χ4v) is 4.20. The number of fused-ring (bicyclic) bond motifs is 1. The van der Waals surface area contributed by atoms with E-state index >= 15 is 0 Å². The van der Waals surface area contributed by atoms with Crippen molar-refractivity contribution in [2.24, 2.45) is 0 Å². The highest BCUT2D eigenvalue weighted by Gasteiger charge is 2.15. The third kappa shape index (κ3) is 4.29. The highest BCUT2D eigenvalue weighted by atomic mass is 32.2. The maximum absolute atomic E-state index is 14.8. The molecule has 3 aromatic heterocycles. The van der Waals surface area contributed by atoms with Gasteiger partial charge in [-0.15, -0.1) is 0 Å². The van der Waals surface area contributed by atoms with Crippen molar-refractivity contribution in [3.63, 3.8) is 0 Å². The Morgan fingerprint density at radius 1 is 0.969 bits per heavy atom. The van der Waals surface area contributed by atoms with E-state index in [2.05, 4.69) is 30.0 Å². The molecular formula is C23H23FN6OS. The Balaban J connectivity index is 1.71. The second-order valence-electron chi connectivity index (χ2n) is 7.35. The number of hydrogen-bond acceptors (Lipinski definition) is 8. The smallest absolute Gasteiger partial charge is 0.228 e. The fraction of sp³-hybridized carbons (Fsp3) is 0.217. The Hall–Kier alpha value is -3.46. The van der Waals surface area contributed by atoms with Gasteiger partial charge in [-0.2, -0.15) is 4.98 Å². The molecule has 32 heavy (non-hydrogen) atoms. The summed E-state index contributed by atoms with van der Waals surface area (Å²) < 4.78 is 23.2. The molecule has 4 rings (SSSR count). The van der Waals surface area contributed by atoms with E-state index in [4.69, 9.17) is 4.74 Å². The van der Waals surface area contributed by atoms with Crippen LogP contribution in [0.15, 0.2) is 41.6 Å². The van der Waals surface area contributed by atoms with Gasteiger partial charge in [0.05, 0.1) is 17.7 Å². The maximum atomic E-state index is 14.8. The summed E-state index contributed by atoms with van der Waals surface area (Å²) in [7, 11) is 3.32. The number of halogens is 1. The lowest BCUT2D eigenvalue weighted by Crippen LogP contribution is -2.00. The van der Waals surface area contributed by atoms with Crippen LogP contribution >= 0.6 is 11.9 Å². The molecule has 0 aliphatic heterocycles. The number of nitrogens with one attached hydrogen (secondary N) is 2. The number of aromatic nitrogens is 4. The van der Waals surface area contributed by atoms with Gasteiger partial charge in [0.25, 0.3) is 0 Å². The molecule has 4 aromatic rings. The molecule has 1 aromatic carbocycles. The molecule has 164 valence electrons. The summed E-state index contributed by atoms with van der Waals surface area (Å²) in [4.78, 5) is 18.4. The van der Waals surface area contributed by atoms with E-state index in [-0.39, 0.29) is 5.82 Å². The predicted octanol–water partition coefficient (Wildman–Crippen LogP) is 5.32. The van der Waals surface area contributed by atoms with Gasteiger partial charge in [-0.3, -0.25) is 0 Å². The number of pyridine rings is 2. The van der Waals surface area contributed by atoms with Gasteiger partial charge in [0.15, 0.2) is 5.65 Å².